The van der Waals surface area contributed by atoms with Crippen molar-refractivity contribution in [2.45, 2.75) is 84.8 Å². The maximum absolute atomic E-state index is 12.4. The quantitative estimate of drug-likeness (QED) is 0.380. The summed E-state index contributed by atoms with van der Waals surface area (Å²) in [7, 11) is 0. The third-order valence-electron chi connectivity index (χ3n) is 4.71. The molecule has 1 fully saturated rings. The van der Waals surface area contributed by atoms with Crippen molar-refractivity contribution >= 4 is 35.7 Å². The maximum atomic E-state index is 12.4. The molecule has 0 bridgehead atoms. The minimum Gasteiger partial charge on any atom is -0.463 e. The maximum Gasteiger partial charge on any atom is 0.412 e. The first-order valence-electron chi connectivity index (χ1n) is 11.7. The Morgan fingerprint density at radius 1 is 0.816 bits per heavy atom. The van der Waals surface area contributed by atoms with Gasteiger partial charge in [0.2, 0.25) is 12.4 Å². The van der Waals surface area contributed by atoms with Gasteiger partial charge in [0.1, 0.15) is 24.1 Å². The molecule has 0 unspecified atom stereocenters. The first kappa shape index (κ1) is 30.4. The van der Waals surface area contributed by atoms with E-state index in [0.717, 1.165) is 20.8 Å². The van der Waals surface area contributed by atoms with Crippen LogP contribution in [0.5, 0.6) is 5.75 Å². The van der Waals surface area contributed by atoms with E-state index in [1.54, 1.807) is 32.9 Å². The van der Waals surface area contributed by atoms with Crippen LogP contribution in [-0.2, 0) is 47.6 Å². The molecular weight excluding hydrogens is 506 g/mol. The summed E-state index contributed by atoms with van der Waals surface area (Å²) in [6.07, 6.45) is -7.55. The van der Waals surface area contributed by atoms with Crippen molar-refractivity contribution in [2.75, 3.05) is 11.9 Å². The Morgan fingerprint density at radius 2 is 1.37 bits per heavy atom. The Kier molecular flexibility index (Phi) is 10.5. The summed E-state index contributed by atoms with van der Waals surface area (Å²) in [5.41, 5.74) is -0.575. The molecule has 1 aliphatic rings. The van der Waals surface area contributed by atoms with Gasteiger partial charge < -0.3 is 33.2 Å². The van der Waals surface area contributed by atoms with Gasteiger partial charge in [0.25, 0.3) is 0 Å². The number of hydrogen-bond acceptors (Lipinski definition) is 12. The summed E-state index contributed by atoms with van der Waals surface area (Å²) in [5.74, 6) is -2.87. The van der Waals surface area contributed by atoms with Crippen LogP contribution in [0.1, 0.15) is 48.5 Å². The number of esters is 4. The summed E-state index contributed by atoms with van der Waals surface area (Å²) in [6.45, 7) is 9.21. The monoisotopic (exact) mass is 539 g/mol. The van der Waals surface area contributed by atoms with Crippen molar-refractivity contribution < 1.29 is 57.1 Å². The summed E-state index contributed by atoms with van der Waals surface area (Å²) in [5, 5.41) is 2.57. The molecule has 0 aromatic heterocycles. The summed E-state index contributed by atoms with van der Waals surface area (Å²) >= 11 is 0. The number of anilines is 1. The van der Waals surface area contributed by atoms with Crippen LogP contribution in [0.3, 0.4) is 0 Å². The molecule has 5 atom stereocenters. The fourth-order valence-corrected chi connectivity index (χ4v) is 3.49. The normalized spacial score (nSPS) is 22.9. The van der Waals surface area contributed by atoms with Crippen LogP contribution in [0.4, 0.5) is 10.5 Å². The molecule has 1 aliphatic heterocycles. The van der Waals surface area contributed by atoms with Crippen molar-refractivity contribution in [1.82, 2.24) is 0 Å². The van der Waals surface area contributed by atoms with Gasteiger partial charge in [-0.1, -0.05) is 12.1 Å². The zero-order chi connectivity index (χ0) is 28.6. The number of amides is 1. The number of carbonyl (C=O) groups is 5. The van der Waals surface area contributed by atoms with E-state index in [4.69, 9.17) is 33.2 Å². The summed E-state index contributed by atoms with van der Waals surface area (Å²) < 4.78 is 38.4. The predicted molar refractivity (Wildman–Crippen MR) is 129 cm³/mol. The molecule has 1 N–H and O–H groups in total. The molecule has 13 heteroatoms. The number of benzene rings is 1. The number of rotatable bonds is 8. The molecular formula is C25H33NO12. The van der Waals surface area contributed by atoms with Crippen LogP contribution in [0, 0.1) is 0 Å². The molecule has 0 radical (unpaired) electrons. The van der Waals surface area contributed by atoms with Crippen LogP contribution >= 0.6 is 0 Å². The Bertz CT molecular complexity index is 1030. The Labute approximate surface area is 220 Å². The van der Waals surface area contributed by atoms with Crippen molar-refractivity contribution in [3.05, 3.63) is 24.3 Å². The Hall–Kier alpha value is -3.87. The number of nitrogens with one attached hydrogen (secondary N) is 1. The summed E-state index contributed by atoms with van der Waals surface area (Å²) in [4.78, 5) is 59.7. The van der Waals surface area contributed by atoms with Gasteiger partial charge in [0.05, 0.1) is 5.69 Å². The van der Waals surface area contributed by atoms with Crippen LogP contribution < -0.4 is 10.1 Å². The number of ether oxygens (including phenoxy) is 7. The van der Waals surface area contributed by atoms with Gasteiger partial charge in [-0.3, -0.25) is 24.5 Å². The molecule has 1 amide bonds. The lowest BCUT2D eigenvalue weighted by Gasteiger charge is -2.44. The van der Waals surface area contributed by atoms with E-state index in [9.17, 15) is 24.0 Å². The largest absolute Gasteiger partial charge is 0.463 e. The van der Waals surface area contributed by atoms with Crippen molar-refractivity contribution in [1.29, 1.82) is 0 Å². The smallest absolute Gasteiger partial charge is 0.412 e. The first-order chi connectivity index (χ1) is 17.7. The zero-order valence-electron chi connectivity index (χ0n) is 22.3. The molecule has 0 aliphatic carbocycles. The lowest BCUT2D eigenvalue weighted by atomic mass is 9.98. The average Bonchev–Trinajstić information content (AvgIpc) is 2.75. The summed E-state index contributed by atoms with van der Waals surface area (Å²) in [6, 6.07) is 6.28. The van der Waals surface area contributed by atoms with Gasteiger partial charge in [-0.05, 0) is 32.9 Å². The van der Waals surface area contributed by atoms with Crippen LogP contribution in [0.15, 0.2) is 24.3 Å². The lowest BCUT2D eigenvalue weighted by molar-refractivity contribution is -0.288. The fourth-order valence-electron chi connectivity index (χ4n) is 3.49. The molecule has 0 spiro atoms. The van der Waals surface area contributed by atoms with E-state index in [2.05, 4.69) is 5.32 Å². The minimum absolute atomic E-state index is 0.0826. The van der Waals surface area contributed by atoms with Gasteiger partial charge in [0.15, 0.2) is 12.2 Å². The predicted octanol–water partition coefficient (Wildman–Crippen LogP) is 2.50. The van der Waals surface area contributed by atoms with E-state index in [1.807, 2.05) is 0 Å². The van der Waals surface area contributed by atoms with Crippen LogP contribution in [0.2, 0.25) is 0 Å². The highest BCUT2D eigenvalue weighted by Crippen LogP contribution is 2.33. The van der Waals surface area contributed by atoms with Crippen molar-refractivity contribution in [3.63, 3.8) is 0 Å². The number of carbonyl (C=O) groups excluding carboxylic acids is 5. The zero-order valence-corrected chi connectivity index (χ0v) is 22.3. The first-order valence-corrected chi connectivity index (χ1v) is 11.7. The molecule has 2 rings (SSSR count). The second-order valence-electron chi connectivity index (χ2n) is 9.31. The highest BCUT2D eigenvalue weighted by molar-refractivity contribution is 5.87. The molecule has 1 saturated heterocycles. The van der Waals surface area contributed by atoms with E-state index >= 15 is 0 Å². The molecule has 1 heterocycles. The van der Waals surface area contributed by atoms with Gasteiger partial charge in [-0.2, -0.15) is 0 Å². The second kappa shape index (κ2) is 13.1. The topological polar surface area (TPSA) is 162 Å². The standard InChI is InChI=1S/C25H33NO12/c1-13(27)32-12-19-20(33-14(2)28)21(34-15(3)29)22(35-16(4)30)23(37-19)36-18-11-9-8-10-17(18)26-24(31)38-25(5,6)7/h8-11,19-23H,12H2,1-7H3,(H,26,31)/t19-,20-,21+,22-,23-/m1/s1. The van der Waals surface area contributed by atoms with Gasteiger partial charge in [-0.15, -0.1) is 0 Å². The molecule has 0 saturated carbocycles. The Morgan fingerprint density at radius 3 is 1.92 bits per heavy atom. The molecule has 1 aromatic rings. The second-order valence-corrected chi connectivity index (χ2v) is 9.31. The van der Waals surface area contributed by atoms with Gasteiger partial charge in [-0.25, -0.2) is 4.79 Å². The number of para-hydroxylation sites is 2. The molecule has 38 heavy (non-hydrogen) atoms. The van der Waals surface area contributed by atoms with E-state index in [0.29, 0.717) is 0 Å². The van der Waals surface area contributed by atoms with E-state index in [1.165, 1.54) is 19.1 Å². The highest BCUT2D eigenvalue weighted by atomic mass is 16.7. The molecule has 13 nitrogen and oxygen atoms in total. The third kappa shape index (κ3) is 9.54. The van der Waals surface area contributed by atoms with Crippen molar-refractivity contribution in [3.8, 4) is 5.75 Å². The van der Waals surface area contributed by atoms with E-state index in [-0.39, 0.29) is 11.4 Å². The van der Waals surface area contributed by atoms with Gasteiger partial charge in [0, 0.05) is 27.7 Å². The number of hydrogen-bond donors (Lipinski definition) is 1. The minimum atomic E-state index is -1.46. The third-order valence-corrected chi connectivity index (χ3v) is 4.71. The average molecular weight is 540 g/mol. The molecule has 1 aromatic carbocycles. The van der Waals surface area contributed by atoms with Crippen LogP contribution in [-0.4, -0.2) is 72.9 Å². The van der Waals surface area contributed by atoms with Crippen LogP contribution in [0.25, 0.3) is 0 Å². The Balaban J connectivity index is 2.47. The SMILES string of the molecule is CC(=O)OC[C@H]1O[C@@H](Oc2ccccc2NC(=O)OC(C)(C)C)[C@H](OC(C)=O)[C@@H](OC(C)=O)[C@@H]1OC(C)=O. The molecule has 210 valence electrons. The fraction of sp³-hybridized carbons (Fsp3) is 0.560. The van der Waals surface area contributed by atoms with Crippen molar-refractivity contribution in [2.24, 2.45) is 0 Å². The van der Waals surface area contributed by atoms with E-state index < -0.39 is 72.9 Å². The van der Waals surface area contributed by atoms with Gasteiger partial charge >= 0.3 is 30.0 Å². The lowest BCUT2D eigenvalue weighted by Crippen LogP contribution is -2.63. The highest BCUT2D eigenvalue weighted by Gasteiger charge is 2.53.